The predicted molar refractivity (Wildman–Crippen MR) is 131 cm³/mol. The molecule has 0 radical (unpaired) electrons. The number of carbonyl (C=O) groups excluding carboxylic acids is 2. The van der Waals surface area contributed by atoms with Gasteiger partial charge in [0.2, 0.25) is 0 Å². The van der Waals surface area contributed by atoms with E-state index in [1.807, 2.05) is 36.4 Å². The number of piperazine rings is 1. The second-order valence-corrected chi connectivity index (χ2v) is 8.64. The summed E-state index contributed by atoms with van der Waals surface area (Å²) in [5.41, 5.74) is 2.12. The Morgan fingerprint density at radius 3 is 2.39 bits per heavy atom. The second-order valence-electron chi connectivity index (χ2n) is 7.80. The third kappa shape index (κ3) is 5.83. The zero-order valence-corrected chi connectivity index (χ0v) is 19.5. The highest BCUT2D eigenvalue weighted by Gasteiger charge is 2.24. The van der Waals surface area contributed by atoms with Crippen LogP contribution in [0, 0.1) is 0 Å². The van der Waals surface area contributed by atoms with Gasteiger partial charge in [-0.05, 0) is 42.3 Å². The molecule has 6 nitrogen and oxygen atoms in total. The van der Waals surface area contributed by atoms with Crippen molar-refractivity contribution in [3.05, 3.63) is 93.6 Å². The van der Waals surface area contributed by atoms with Crippen LogP contribution in [-0.2, 0) is 6.42 Å². The van der Waals surface area contributed by atoms with Gasteiger partial charge in [0.1, 0.15) is 5.82 Å². The van der Waals surface area contributed by atoms with Gasteiger partial charge in [-0.2, -0.15) is 0 Å². The molecule has 1 fully saturated rings. The maximum atomic E-state index is 12.8. The molecule has 1 aliphatic heterocycles. The Hall–Kier alpha value is -3.09. The van der Waals surface area contributed by atoms with Gasteiger partial charge >= 0.3 is 0 Å². The lowest BCUT2D eigenvalue weighted by Crippen LogP contribution is -2.49. The first kappa shape index (κ1) is 23.1. The molecule has 1 N–H and O–H groups in total. The Labute approximate surface area is 203 Å². The Morgan fingerprint density at radius 2 is 1.70 bits per heavy atom. The first-order valence-electron chi connectivity index (χ1n) is 10.8. The molecular weight excluding hydrogens is 459 g/mol. The highest BCUT2D eigenvalue weighted by Crippen LogP contribution is 2.23. The Bertz CT molecular complexity index is 1120. The van der Waals surface area contributed by atoms with E-state index >= 15 is 0 Å². The van der Waals surface area contributed by atoms with Gasteiger partial charge in [0.05, 0.1) is 16.1 Å². The fourth-order valence-corrected chi connectivity index (χ4v) is 4.12. The molecule has 170 valence electrons. The molecule has 8 heteroatoms. The van der Waals surface area contributed by atoms with Crippen molar-refractivity contribution in [2.75, 3.05) is 37.6 Å². The van der Waals surface area contributed by atoms with Crippen LogP contribution in [0.2, 0.25) is 10.0 Å². The first-order chi connectivity index (χ1) is 16.0. The van der Waals surface area contributed by atoms with E-state index in [1.165, 1.54) is 5.56 Å². The summed E-state index contributed by atoms with van der Waals surface area (Å²) >= 11 is 12.2. The van der Waals surface area contributed by atoms with Crippen molar-refractivity contribution < 1.29 is 9.59 Å². The molecule has 0 aliphatic carbocycles. The van der Waals surface area contributed by atoms with Crippen LogP contribution < -0.4 is 10.2 Å². The highest BCUT2D eigenvalue weighted by atomic mass is 35.5. The van der Waals surface area contributed by atoms with Crippen LogP contribution in [0.3, 0.4) is 0 Å². The number of amides is 2. The fourth-order valence-electron chi connectivity index (χ4n) is 3.74. The van der Waals surface area contributed by atoms with E-state index in [4.69, 9.17) is 23.2 Å². The van der Waals surface area contributed by atoms with Crippen LogP contribution in [0.25, 0.3) is 0 Å². The van der Waals surface area contributed by atoms with Crippen molar-refractivity contribution in [2.24, 2.45) is 0 Å². The second kappa shape index (κ2) is 10.7. The van der Waals surface area contributed by atoms with Crippen LogP contribution in [0.1, 0.15) is 26.3 Å². The molecule has 0 bridgehead atoms. The summed E-state index contributed by atoms with van der Waals surface area (Å²) in [6, 6.07) is 18.6. The van der Waals surface area contributed by atoms with Crippen molar-refractivity contribution >= 4 is 40.8 Å². The lowest BCUT2D eigenvalue weighted by molar-refractivity contribution is 0.0746. The van der Waals surface area contributed by atoms with Gasteiger partial charge < -0.3 is 15.1 Å². The highest BCUT2D eigenvalue weighted by molar-refractivity contribution is 6.35. The van der Waals surface area contributed by atoms with E-state index in [0.717, 1.165) is 12.2 Å². The zero-order valence-electron chi connectivity index (χ0n) is 18.0. The largest absolute Gasteiger partial charge is 0.353 e. The summed E-state index contributed by atoms with van der Waals surface area (Å²) in [6.45, 7) is 2.94. The average molecular weight is 483 g/mol. The maximum Gasteiger partial charge on any atom is 0.255 e. The summed E-state index contributed by atoms with van der Waals surface area (Å²) in [4.78, 5) is 33.5. The van der Waals surface area contributed by atoms with Gasteiger partial charge in [-0.3, -0.25) is 9.59 Å². The van der Waals surface area contributed by atoms with Crippen molar-refractivity contribution in [1.29, 1.82) is 0 Å². The summed E-state index contributed by atoms with van der Waals surface area (Å²) in [7, 11) is 0. The number of anilines is 1. The number of hydrogen-bond acceptors (Lipinski definition) is 4. The monoisotopic (exact) mass is 482 g/mol. The van der Waals surface area contributed by atoms with Gasteiger partial charge in [0.15, 0.2) is 0 Å². The smallest absolute Gasteiger partial charge is 0.255 e. The van der Waals surface area contributed by atoms with E-state index in [1.54, 1.807) is 35.4 Å². The number of benzene rings is 2. The molecule has 0 atom stereocenters. The molecule has 33 heavy (non-hydrogen) atoms. The molecule has 1 saturated heterocycles. The molecule has 4 rings (SSSR count). The van der Waals surface area contributed by atoms with Gasteiger partial charge in [-0.15, -0.1) is 0 Å². The lowest BCUT2D eigenvalue weighted by atomic mass is 10.1. The van der Waals surface area contributed by atoms with Crippen molar-refractivity contribution in [1.82, 2.24) is 15.2 Å². The Balaban J connectivity index is 1.28. The summed E-state index contributed by atoms with van der Waals surface area (Å²) < 4.78 is 0. The van der Waals surface area contributed by atoms with Gasteiger partial charge in [-0.1, -0.05) is 53.5 Å². The van der Waals surface area contributed by atoms with E-state index in [2.05, 4.69) is 15.2 Å². The molecule has 1 aliphatic rings. The average Bonchev–Trinajstić information content (AvgIpc) is 2.86. The molecule has 0 spiro atoms. The molecule has 0 saturated carbocycles. The molecule has 3 aromatic rings. The molecular formula is C25H24Cl2N4O2. The number of carbonyl (C=O) groups is 2. The number of aromatic nitrogens is 1. The summed E-state index contributed by atoms with van der Waals surface area (Å²) in [6.07, 6.45) is 2.37. The number of pyridine rings is 1. The summed E-state index contributed by atoms with van der Waals surface area (Å²) in [5.74, 6) is 0.514. The quantitative estimate of drug-likeness (QED) is 0.567. The van der Waals surface area contributed by atoms with Crippen molar-refractivity contribution in [2.45, 2.75) is 6.42 Å². The molecule has 1 aromatic heterocycles. The Morgan fingerprint density at radius 1 is 0.939 bits per heavy atom. The number of rotatable bonds is 6. The Kier molecular flexibility index (Phi) is 7.47. The van der Waals surface area contributed by atoms with Crippen molar-refractivity contribution in [3.63, 3.8) is 0 Å². The van der Waals surface area contributed by atoms with Crippen molar-refractivity contribution in [3.8, 4) is 0 Å². The third-order valence-electron chi connectivity index (χ3n) is 5.60. The van der Waals surface area contributed by atoms with Gasteiger partial charge in [0.25, 0.3) is 11.8 Å². The molecule has 2 heterocycles. The van der Waals surface area contributed by atoms with E-state index in [0.29, 0.717) is 53.9 Å². The van der Waals surface area contributed by atoms with Crippen LogP contribution >= 0.6 is 23.2 Å². The number of hydrogen-bond donors (Lipinski definition) is 1. The fraction of sp³-hybridized carbons (Fsp3) is 0.240. The number of nitrogens with one attached hydrogen (secondary N) is 1. The maximum absolute atomic E-state index is 12.8. The van der Waals surface area contributed by atoms with E-state index in [-0.39, 0.29) is 11.8 Å². The normalized spacial score (nSPS) is 13.6. The summed E-state index contributed by atoms with van der Waals surface area (Å²) in [5, 5.41) is 3.81. The molecule has 0 unspecified atom stereocenters. The molecule has 2 amide bonds. The minimum Gasteiger partial charge on any atom is -0.353 e. The lowest BCUT2D eigenvalue weighted by Gasteiger charge is -2.35. The van der Waals surface area contributed by atoms with Crippen LogP contribution in [-0.4, -0.2) is 54.4 Å². The minimum atomic E-state index is -0.140. The number of nitrogens with zero attached hydrogens (tertiary/aromatic N) is 3. The van der Waals surface area contributed by atoms with Gasteiger partial charge in [-0.25, -0.2) is 4.98 Å². The van der Waals surface area contributed by atoms with Gasteiger partial charge in [0, 0.05) is 43.9 Å². The van der Waals surface area contributed by atoms with E-state index in [9.17, 15) is 9.59 Å². The van der Waals surface area contributed by atoms with E-state index < -0.39 is 0 Å². The van der Waals surface area contributed by atoms with Crippen LogP contribution in [0.15, 0.2) is 66.9 Å². The SMILES string of the molecule is O=C(NCCc1ccccc1)c1ccc(N2CCN(C(=O)c3cc(Cl)ccc3Cl)CC2)nc1. The first-order valence-corrected chi connectivity index (χ1v) is 11.5. The topological polar surface area (TPSA) is 65.5 Å². The molecule has 2 aromatic carbocycles. The zero-order chi connectivity index (χ0) is 23.2. The third-order valence-corrected chi connectivity index (χ3v) is 6.17. The standard InChI is InChI=1S/C25H24Cl2N4O2/c26-20-7-8-22(27)21(16-20)25(33)31-14-12-30(13-15-31)23-9-6-19(17-29-23)24(32)28-11-10-18-4-2-1-3-5-18/h1-9,16-17H,10-15H2,(H,28,32). The predicted octanol–water partition coefficient (Wildman–Crippen LogP) is 4.32. The number of halogens is 2. The minimum absolute atomic E-state index is 0.127. The van der Waals surface area contributed by atoms with Crippen LogP contribution in [0.4, 0.5) is 5.82 Å². The van der Waals surface area contributed by atoms with Crippen LogP contribution in [0.5, 0.6) is 0 Å².